The summed E-state index contributed by atoms with van der Waals surface area (Å²) < 4.78 is 43.1. The van der Waals surface area contributed by atoms with Crippen LogP contribution in [-0.4, -0.2) is 36.3 Å². The Morgan fingerprint density at radius 2 is 1.66 bits per heavy atom. The predicted molar refractivity (Wildman–Crippen MR) is 137 cm³/mol. The van der Waals surface area contributed by atoms with E-state index in [1.165, 1.54) is 6.07 Å². The first-order valence-electron chi connectivity index (χ1n) is 11.5. The van der Waals surface area contributed by atoms with Crippen LogP contribution in [0, 0.1) is 6.92 Å². The molecular formula is C26H22F3N7O2. The predicted octanol–water partition coefficient (Wildman–Crippen LogP) is 5.10. The number of halogens is 3. The Morgan fingerprint density at radius 1 is 0.974 bits per heavy atom. The summed E-state index contributed by atoms with van der Waals surface area (Å²) in [6.45, 7) is 0.310. The molecular weight excluding hydrogens is 499 g/mol. The Kier molecular flexibility index (Phi) is 6.23. The van der Waals surface area contributed by atoms with Crippen molar-refractivity contribution in [1.29, 1.82) is 0 Å². The maximum atomic E-state index is 13.2. The summed E-state index contributed by atoms with van der Waals surface area (Å²) in [5.74, 6) is 0.362. The average Bonchev–Trinajstić information content (AvgIpc) is 3.45. The van der Waals surface area contributed by atoms with Gasteiger partial charge in [0.1, 0.15) is 18.1 Å². The molecule has 0 unspecified atom stereocenters. The van der Waals surface area contributed by atoms with Crippen LogP contribution in [0.1, 0.15) is 5.56 Å². The second kappa shape index (κ2) is 9.54. The lowest BCUT2D eigenvalue weighted by molar-refractivity contribution is -0.141. The lowest BCUT2D eigenvalue weighted by atomic mass is 10.1. The van der Waals surface area contributed by atoms with Crippen molar-refractivity contribution in [3.63, 3.8) is 0 Å². The molecule has 0 radical (unpaired) electrons. The number of alkyl halides is 3. The Hall–Kier alpha value is -4.87. The number of carbonyl (C=O) groups is 1. The SMILES string of the molecule is Cc1c(-c2cnn(C)c2)nn(-c2ccccc2)c1NC(=O)Nc1cn(CC(F)(F)F)c(=O)c2ccccc12. The molecule has 2 aromatic carbocycles. The minimum absolute atomic E-state index is 0.0536. The highest BCUT2D eigenvalue weighted by Crippen LogP contribution is 2.31. The highest BCUT2D eigenvalue weighted by atomic mass is 19.4. The number of urea groups is 1. The number of aryl methyl sites for hydroxylation is 1. The summed E-state index contributed by atoms with van der Waals surface area (Å²) in [5, 5.41) is 14.6. The maximum absolute atomic E-state index is 13.2. The Bertz CT molecular complexity index is 1700. The van der Waals surface area contributed by atoms with Gasteiger partial charge in [-0.25, -0.2) is 9.48 Å². The van der Waals surface area contributed by atoms with Gasteiger partial charge >= 0.3 is 12.2 Å². The van der Waals surface area contributed by atoms with Crippen molar-refractivity contribution in [2.75, 3.05) is 10.6 Å². The second-order valence-corrected chi connectivity index (χ2v) is 8.69. The van der Waals surface area contributed by atoms with E-state index in [4.69, 9.17) is 5.10 Å². The number of nitrogens with one attached hydrogen (secondary N) is 2. The van der Waals surface area contributed by atoms with Crippen LogP contribution in [0.15, 0.2) is 78.0 Å². The molecule has 12 heteroatoms. The van der Waals surface area contributed by atoms with Gasteiger partial charge in [0.25, 0.3) is 5.56 Å². The van der Waals surface area contributed by atoms with Crippen molar-refractivity contribution in [3.8, 4) is 16.9 Å². The largest absolute Gasteiger partial charge is 0.406 e. The van der Waals surface area contributed by atoms with Crippen LogP contribution in [-0.2, 0) is 13.6 Å². The first-order chi connectivity index (χ1) is 18.1. The van der Waals surface area contributed by atoms with Gasteiger partial charge in [-0.05, 0) is 25.1 Å². The molecule has 0 aliphatic carbocycles. The number of amides is 2. The number of fused-ring (bicyclic) bond motifs is 1. The van der Waals surface area contributed by atoms with Crippen molar-refractivity contribution in [2.24, 2.45) is 7.05 Å². The lowest BCUT2D eigenvalue weighted by Crippen LogP contribution is -2.29. The fourth-order valence-corrected chi connectivity index (χ4v) is 4.23. The van der Waals surface area contributed by atoms with E-state index in [1.807, 2.05) is 30.3 Å². The van der Waals surface area contributed by atoms with Crippen LogP contribution in [0.4, 0.5) is 29.5 Å². The smallest absolute Gasteiger partial charge is 0.306 e. The molecule has 3 heterocycles. The van der Waals surface area contributed by atoms with Crippen LogP contribution in [0.25, 0.3) is 27.7 Å². The number of anilines is 2. The molecule has 0 bridgehead atoms. The van der Waals surface area contributed by atoms with Gasteiger partial charge in [0.05, 0.1) is 17.6 Å². The molecule has 0 atom stereocenters. The Morgan fingerprint density at radius 3 is 2.32 bits per heavy atom. The van der Waals surface area contributed by atoms with Crippen molar-refractivity contribution >= 4 is 28.3 Å². The van der Waals surface area contributed by atoms with E-state index in [9.17, 15) is 22.8 Å². The molecule has 0 saturated heterocycles. The average molecular weight is 522 g/mol. The molecule has 2 N–H and O–H groups in total. The molecule has 194 valence electrons. The minimum atomic E-state index is -4.62. The van der Waals surface area contributed by atoms with E-state index in [0.29, 0.717) is 32.7 Å². The molecule has 2 amide bonds. The third-order valence-corrected chi connectivity index (χ3v) is 5.92. The molecule has 5 rings (SSSR count). The molecule has 38 heavy (non-hydrogen) atoms. The van der Waals surface area contributed by atoms with Gasteiger partial charge in [-0.15, -0.1) is 0 Å². The molecule has 0 fully saturated rings. The van der Waals surface area contributed by atoms with E-state index in [2.05, 4.69) is 15.7 Å². The Balaban J connectivity index is 1.54. The van der Waals surface area contributed by atoms with Crippen molar-refractivity contribution in [3.05, 3.63) is 89.1 Å². The number of rotatable bonds is 5. The zero-order valence-corrected chi connectivity index (χ0v) is 20.3. The molecule has 5 aromatic rings. The fourth-order valence-electron chi connectivity index (χ4n) is 4.23. The standard InChI is InChI=1S/C26H22F3N7O2/c1-16-22(17-12-30-34(2)13-17)33-36(18-8-4-3-5-9-18)23(16)32-25(38)31-21-14-35(15-26(27,28)29)24(37)20-11-7-6-10-19(20)21/h3-14H,15H2,1-2H3,(H2,31,32,38). The van der Waals surface area contributed by atoms with Crippen LogP contribution in [0.2, 0.25) is 0 Å². The summed E-state index contributed by atoms with van der Waals surface area (Å²) in [6, 6.07) is 14.6. The van der Waals surface area contributed by atoms with Crippen LogP contribution in [0.3, 0.4) is 0 Å². The fraction of sp³-hybridized carbons (Fsp3) is 0.154. The van der Waals surface area contributed by atoms with Gasteiger partial charge < -0.3 is 9.88 Å². The summed E-state index contributed by atoms with van der Waals surface area (Å²) in [4.78, 5) is 25.8. The summed E-state index contributed by atoms with van der Waals surface area (Å²) in [6.07, 6.45) is -0.164. The monoisotopic (exact) mass is 521 g/mol. The third-order valence-electron chi connectivity index (χ3n) is 5.92. The zero-order valence-electron chi connectivity index (χ0n) is 20.3. The van der Waals surface area contributed by atoms with Crippen LogP contribution in [0.5, 0.6) is 0 Å². The number of hydrogen-bond acceptors (Lipinski definition) is 4. The van der Waals surface area contributed by atoms with Gasteiger partial charge in [0, 0.05) is 41.3 Å². The highest BCUT2D eigenvalue weighted by Gasteiger charge is 2.29. The minimum Gasteiger partial charge on any atom is -0.306 e. The van der Waals surface area contributed by atoms with E-state index < -0.39 is 24.3 Å². The van der Waals surface area contributed by atoms with Crippen molar-refractivity contribution < 1.29 is 18.0 Å². The Labute approximate surface area is 214 Å². The van der Waals surface area contributed by atoms with Gasteiger partial charge in [-0.1, -0.05) is 36.4 Å². The number of aromatic nitrogens is 5. The number of carbonyl (C=O) groups excluding carboxylic acids is 1. The van der Waals surface area contributed by atoms with Crippen molar-refractivity contribution in [1.82, 2.24) is 24.1 Å². The number of nitrogens with zero attached hydrogens (tertiary/aromatic N) is 5. The molecule has 0 aliphatic heterocycles. The van der Waals surface area contributed by atoms with E-state index in [0.717, 1.165) is 11.8 Å². The highest BCUT2D eigenvalue weighted by molar-refractivity contribution is 6.06. The molecule has 9 nitrogen and oxygen atoms in total. The van der Waals surface area contributed by atoms with Gasteiger partial charge in [0.15, 0.2) is 0 Å². The van der Waals surface area contributed by atoms with E-state index in [1.54, 1.807) is 53.9 Å². The first-order valence-corrected chi connectivity index (χ1v) is 11.5. The lowest BCUT2D eigenvalue weighted by Gasteiger charge is -2.15. The third kappa shape index (κ3) is 4.88. The summed E-state index contributed by atoms with van der Waals surface area (Å²) in [5.41, 5.74) is 1.93. The summed E-state index contributed by atoms with van der Waals surface area (Å²) >= 11 is 0. The van der Waals surface area contributed by atoms with Crippen LogP contribution >= 0.6 is 0 Å². The number of hydrogen-bond donors (Lipinski definition) is 2. The molecule has 0 aliphatic rings. The number of pyridine rings is 1. The normalized spacial score (nSPS) is 11.6. The van der Waals surface area contributed by atoms with Gasteiger partial charge in [0.2, 0.25) is 0 Å². The topological polar surface area (TPSA) is 98.8 Å². The molecule has 3 aromatic heterocycles. The zero-order chi connectivity index (χ0) is 27.0. The van der Waals surface area contributed by atoms with Crippen molar-refractivity contribution in [2.45, 2.75) is 19.6 Å². The van der Waals surface area contributed by atoms with E-state index in [-0.39, 0.29) is 11.1 Å². The summed E-state index contributed by atoms with van der Waals surface area (Å²) in [7, 11) is 1.78. The number of benzene rings is 2. The van der Waals surface area contributed by atoms with Crippen LogP contribution < -0.4 is 16.2 Å². The maximum Gasteiger partial charge on any atom is 0.406 e. The van der Waals surface area contributed by atoms with Gasteiger partial charge in [-0.3, -0.25) is 14.8 Å². The number of para-hydroxylation sites is 1. The molecule has 0 spiro atoms. The molecule has 0 saturated carbocycles. The first kappa shape index (κ1) is 24.8. The van der Waals surface area contributed by atoms with Gasteiger partial charge in [-0.2, -0.15) is 23.4 Å². The quantitative estimate of drug-likeness (QED) is 0.336. The second-order valence-electron chi connectivity index (χ2n) is 8.69. The van der Waals surface area contributed by atoms with E-state index >= 15 is 0 Å².